The van der Waals surface area contributed by atoms with Crippen molar-refractivity contribution < 1.29 is 13.2 Å². The third-order valence-electron chi connectivity index (χ3n) is 2.91. The van der Waals surface area contributed by atoms with E-state index in [1.807, 2.05) is 13.0 Å². The molecule has 1 saturated heterocycles. The predicted octanol–water partition coefficient (Wildman–Crippen LogP) is 1.80. The Morgan fingerprint density at radius 3 is 3.00 bits per heavy atom. The Morgan fingerprint density at radius 1 is 1.64 bits per heavy atom. The van der Waals surface area contributed by atoms with Crippen LogP contribution in [0, 0.1) is 5.41 Å². The van der Waals surface area contributed by atoms with Crippen LogP contribution in [0.15, 0.2) is 24.0 Å². The molecule has 2 rings (SSSR count). The Morgan fingerprint density at radius 2 is 2.36 bits per heavy atom. The molecule has 1 fully saturated rings. The maximum absolute atomic E-state index is 11.4. The van der Waals surface area contributed by atoms with Crippen molar-refractivity contribution in [1.29, 1.82) is 0 Å². The van der Waals surface area contributed by atoms with Crippen LogP contribution in [0.4, 0.5) is 0 Å². The highest BCUT2D eigenvalue weighted by atomic mass is 35.7. The molecule has 3 nitrogen and oxygen atoms in total. The van der Waals surface area contributed by atoms with Gasteiger partial charge in [0.1, 0.15) is 11.0 Å². The van der Waals surface area contributed by atoms with Crippen molar-refractivity contribution in [3.8, 4) is 0 Å². The number of halogens is 1. The van der Waals surface area contributed by atoms with Crippen LogP contribution in [0.25, 0.3) is 0 Å². The number of allylic oxidation sites excluding steroid dienone is 3. The van der Waals surface area contributed by atoms with Gasteiger partial charge in [0.25, 0.3) is 0 Å². The zero-order chi connectivity index (χ0) is 10.4. The summed E-state index contributed by atoms with van der Waals surface area (Å²) < 4.78 is 28.1. The fourth-order valence-corrected chi connectivity index (χ4v) is 3.94. The molecule has 0 spiro atoms. The van der Waals surface area contributed by atoms with E-state index in [1.54, 1.807) is 12.2 Å². The van der Waals surface area contributed by atoms with Gasteiger partial charge in [0.05, 0.1) is 6.61 Å². The maximum atomic E-state index is 11.4. The summed E-state index contributed by atoms with van der Waals surface area (Å²) in [5, 5.41) is -0.667. The molecule has 0 N–H and O–H groups in total. The van der Waals surface area contributed by atoms with Gasteiger partial charge in [-0.05, 0) is 12.5 Å². The number of rotatable bonds is 1. The zero-order valence-electron chi connectivity index (χ0n) is 7.73. The highest BCUT2D eigenvalue weighted by Crippen LogP contribution is 2.46. The van der Waals surface area contributed by atoms with E-state index in [1.165, 1.54) is 0 Å². The van der Waals surface area contributed by atoms with Crippen LogP contribution in [0.2, 0.25) is 0 Å². The second kappa shape index (κ2) is 3.00. The highest BCUT2D eigenvalue weighted by Gasteiger charge is 2.48. The first-order valence-corrected chi connectivity index (χ1v) is 6.77. The van der Waals surface area contributed by atoms with Crippen LogP contribution in [0.5, 0.6) is 0 Å². The lowest BCUT2D eigenvalue weighted by atomic mass is 9.80. The first kappa shape index (κ1) is 10.1. The molecular formula is C9H11ClO3S. The lowest BCUT2D eigenvalue weighted by Crippen LogP contribution is -2.35. The van der Waals surface area contributed by atoms with Crippen LogP contribution >= 0.6 is 10.7 Å². The van der Waals surface area contributed by atoms with E-state index in [4.69, 9.17) is 15.4 Å². The summed E-state index contributed by atoms with van der Waals surface area (Å²) in [6.07, 6.45) is 5.82. The molecule has 0 aromatic heterocycles. The molecule has 0 saturated carbocycles. The zero-order valence-corrected chi connectivity index (χ0v) is 9.31. The van der Waals surface area contributed by atoms with Gasteiger partial charge < -0.3 is 4.74 Å². The molecule has 0 aromatic carbocycles. The van der Waals surface area contributed by atoms with Crippen LogP contribution in [0.3, 0.4) is 0 Å². The Balaban J connectivity index is 2.47. The maximum Gasteiger partial charge on any atom is 0.240 e. The van der Waals surface area contributed by atoms with Gasteiger partial charge in [-0.1, -0.05) is 19.1 Å². The van der Waals surface area contributed by atoms with Crippen LogP contribution in [-0.4, -0.2) is 20.3 Å². The quantitative estimate of drug-likeness (QED) is 0.650. The third kappa shape index (κ3) is 1.37. The summed E-state index contributed by atoms with van der Waals surface area (Å²) in [5.74, 6) is 0.731. The SMILES string of the molecule is CC12CCOC1=CC=CC2S(=O)(=O)Cl. The Hall–Kier alpha value is -0.480. The number of hydrogen-bond donors (Lipinski definition) is 0. The lowest BCUT2D eigenvalue weighted by Gasteiger charge is -2.30. The topological polar surface area (TPSA) is 43.4 Å². The monoisotopic (exact) mass is 234 g/mol. The Labute approximate surface area is 87.8 Å². The smallest absolute Gasteiger partial charge is 0.240 e. The minimum atomic E-state index is -3.57. The van der Waals surface area contributed by atoms with Crippen molar-refractivity contribution in [2.45, 2.75) is 18.6 Å². The van der Waals surface area contributed by atoms with E-state index < -0.39 is 19.7 Å². The van der Waals surface area contributed by atoms with E-state index in [-0.39, 0.29) is 0 Å². The number of ether oxygens (including phenoxy) is 1. The molecule has 14 heavy (non-hydrogen) atoms. The number of fused-ring (bicyclic) bond motifs is 1. The fourth-order valence-electron chi connectivity index (χ4n) is 2.04. The molecule has 0 amide bonds. The standard InChI is InChI=1S/C9H11ClO3S/c1-9-5-6-13-7(9)3-2-4-8(9)14(10,11)12/h2-4,8H,5-6H2,1H3. The predicted molar refractivity (Wildman–Crippen MR) is 54.5 cm³/mol. The van der Waals surface area contributed by atoms with Crippen molar-refractivity contribution in [2.24, 2.45) is 5.41 Å². The first-order chi connectivity index (χ1) is 6.44. The molecular weight excluding hydrogens is 224 g/mol. The van der Waals surface area contributed by atoms with E-state index in [0.717, 1.165) is 5.76 Å². The molecule has 1 aliphatic heterocycles. The summed E-state index contributed by atoms with van der Waals surface area (Å²) in [6, 6.07) is 0. The third-order valence-corrected chi connectivity index (χ3v) is 4.77. The summed E-state index contributed by atoms with van der Waals surface area (Å²) in [7, 11) is 1.83. The van der Waals surface area contributed by atoms with Gasteiger partial charge in [0, 0.05) is 16.1 Å². The summed E-state index contributed by atoms with van der Waals surface area (Å²) >= 11 is 0. The van der Waals surface area contributed by atoms with E-state index >= 15 is 0 Å². The van der Waals surface area contributed by atoms with E-state index in [9.17, 15) is 8.42 Å². The lowest BCUT2D eigenvalue weighted by molar-refractivity contribution is 0.245. The Kier molecular flexibility index (Phi) is 2.16. The summed E-state index contributed by atoms with van der Waals surface area (Å²) in [6.45, 7) is 2.44. The minimum absolute atomic E-state index is 0.477. The van der Waals surface area contributed by atoms with Crippen molar-refractivity contribution >= 4 is 19.7 Å². The van der Waals surface area contributed by atoms with Crippen molar-refractivity contribution in [1.82, 2.24) is 0 Å². The normalized spacial score (nSPS) is 36.1. The Bertz CT molecular complexity index is 410. The minimum Gasteiger partial charge on any atom is -0.497 e. The van der Waals surface area contributed by atoms with Crippen LogP contribution in [-0.2, 0) is 13.8 Å². The summed E-state index contributed by atoms with van der Waals surface area (Å²) in [4.78, 5) is 0. The molecule has 1 aliphatic carbocycles. The average molecular weight is 235 g/mol. The molecule has 2 atom stereocenters. The molecule has 2 aliphatic rings. The molecule has 0 bridgehead atoms. The second-order valence-corrected chi connectivity index (χ2v) is 6.58. The fraction of sp³-hybridized carbons (Fsp3) is 0.556. The summed E-state index contributed by atoms with van der Waals surface area (Å²) in [5.41, 5.74) is -0.477. The van der Waals surface area contributed by atoms with Gasteiger partial charge in [-0.15, -0.1) is 0 Å². The second-order valence-electron chi connectivity index (χ2n) is 3.83. The van der Waals surface area contributed by atoms with Gasteiger partial charge in [0.15, 0.2) is 0 Å². The highest BCUT2D eigenvalue weighted by molar-refractivity contribution is 8.14. The molecule has 0 radical (unpaired) electrons. The van der Waals surface area contributed by atoms with Gasteiger partial charge in [-0.25, -0.2) is 8.42 Å². The average Bonchev–Trinajstić information content (AvgIpc) is 2.42. The van der Waals surface area contributed by atoms with E-state index in [2.05, 4.69) is 0 Å². The number of hydrogen-bond acceptors (Lipinski definition) is 3. The first-order valence-electron chi connectivity index (χ1n) is 4.40. The van der Waals surface area contributed by atoms with Crippen molar-refractivity contribution in [3.05, 3.63) is 24.0 Å². The van der Waals surface area contributed by atoms with E-state index in [0.29, 0.717) is 13.0 Å². The largest absolute Gasteiger partial charge is 0.497 e. The van der Waals surface area contributed by atoms with Gasteiger partial charge in [0.2, 0.25) is 9.05 Å². The van der Waals surface area contributed by atoms with Gasteiger partial charge in [-0.3, -0.25) is 0 Å². The molecule has 0 aromatic rings. The van der Waals surface area contributed by atoms with Crippen molar-refractivity contribution in [2.75, 3.05) is 6.61 Å². The van der Waals surface area contributed by atoms with Crippen molar-refractivity contribution in [3.63, 3.8) is 0 Å². The van der Waals surface area contributed by atoms with Crippen LogP contribution in [0.1, 0.15) is 13.3 Å². The van der Waals surface area contributed by atoms with Gasteiger partial charge >= 0.3 is 0 Å². The molecule has 2 unspecified atom stereocenters. The van der Waals surface area contributed by atoms with Crippen LogP contribution < -0.4 is 0 Å². The molecule has 1 heterocycles. The molecule has 78 valence electrons. The van der Waals surface area contributed by atoms with Gasteiger partial charge in [-0.2, -0.15) is 0 Å². The molecule has 5 heteroatoms.